The van der Waals surface area contributed by atoms with Gasteiger partial charge in [0.2, 0.25) is 0 Å². The Balaban J connectivity index is 2.90. The summed E-state index contributed by atoms with van der Waals surface area (Å²) in [4.78, 5) is 4.53. The molecule has 102 valence electrons. The van der Waals surface area contributed by atoms with Crippen molar-refractivity contribution in [1.29, 1.82) is 0 Å². The maximum atomic E-state index is 13.8. The molecule has 0 saturated carbocycles. The SMILES string of the molecule is Cc1cc(F)c(Br)c2cc(C(C)(C)C)c(NN)nc12. The fraction of sp³-hybridized carbons (Fsp3) is 0.357. The minimum absolute atomic E-state index is 0.136. The maximum absolute atomic E-state index is 13.8. The van der Waals surface area contributed by atoms with Crippen LogP contribution in [0.4, 0.5) is 10.2 Å². The number of anilines is 1. The zero-order valence-corrected chi connectivity index (χ0v) is 13.0. The first-order chi connectivity index (χ1) is 8.75. The van der Waals surface area contributed by atoms with Crippen LogP contribution in [0.25, 0.3) is 10.9 Å². The van der Waals surface area contributed by atoms with Crippen LogP contribution in [0.15, 0.2) is 16.6 Å². The summed E-state index contributed by atoms with van der Waals surface area (Å²) in [6, 6.07) is 3.41. The summed E-state index contributed by atoms with van der Waals surface area (Å²) in [5.74, 6) is 5.91. The molecular formula is C14H17BrFN3. The molecule has 0 saturated heterocycles. The average molecular weight is 326 g/mol. The Labute approximate surface area is 120 Å². The van der Waals surface area contributed by atoms with Gasteiger partial charge in [-0.15, -0.1) is 0 Å². The molecule has 0 aliphatic carbocycles. The molecule has 3 N–H and O–H groups in total. The Morgan fingerprint density at radius 1 is 1.32 bits per heavy atom. The van der Waals surface area contributed by atoms with Crippen LogP contribution in [0.5, 0.6) is 0 Å². The molecule has 0 unspecified atom stereocenters. The number of benzene rings is 1. The van der Waals surface area contributed by atoms with Gasteiger partial charge in [0.1, 0.15) is 11.6 Å². The summed E-state index contributed by atoms with van der Waals surface area (Å²) in [6.45, 7) is 8.03. The monoisotopic (exact) mass is 325 g/mol. The second-order valence-electron chi connectivity index (χ2n) is 5.66. The molecule has 3 nitrogen and oxygen atoms in total. The van der Waals surface area contributed by atoms with Gasteiger partial charge < -0.3 is 5.43 Å². The second kappa shape index (κ2) is 4.72. The van der Waals surface area contributed by atoms with Gasteiger partial charge in [0, 0.05) is 10.9 Å². The summed E-state index contributed by atoms with van der Waals surface area (Å²) < 4.78 is 14.2. The van der Waals surface area contributed by atoms with Crippen molar-refractivity contribution in [2.24, 2.45) is 5.84 Å². The Morgan fingerprint density at radius 2 is 1.95 bits per heavy atom. The lowest BCUT2D eigenvalue weighted by Gasteiger charge is -2.23. The molecule has 5 heteroatoms. The summed E-state index contributed by atoms with van der Waals surface area (Å²) >= 11 is 3.30. The van der Waals surface area contributed by atoms with Gasteiger partial charge in [0.15, 0.2) is 0 Å². The van der Waals surface area contributed by atoms with E-state index < -0.39 is 0 Å². The van der Waals surface area contributed by atoms with Crippen molar-refractivity contribution in [2.75, 3.05) is 5.43 Å². The predicted octanol–water partition coefficient (Wildman–Crippen LogP) is 4.03. The van der Waals surface area contributed by atoms with Gasteiger partial charge in [-0.3, -0.25) is 0 Å². The number of nitrogens with one attached hydrogen (secondary N) is 1. The van der Waals surface area contributed by atoms with E-state index in [0.717, 1.165) is 22.0 Å². The highest BCUT2D eigenvalue weighted by Crippen LogP contribution is 2.35. The largest absolute Gasteiger partial charge is 0.308 e. The van der Waals surface area contributed by atoms with E-state index in [9.17, 15) is 4.39 Å². The summed E-state index contributed by atoms with van der Waals surface area (Å²) in [6.07, 6.45) is 0. The van der Waals surface area contributed by atoms with Crippen LogP contribution in [0.2, 0.25) is 0 Å². The van der Waals surface area contributed by atoms with Crippen LogP contribution in [0.3, 0.4) is 0 Å². The van der Waals surface area contributed by atoms with Crippen LogP contribution < -0.4 is 11.3 Å². The summed E-state index contributed by atoms with van der Waals surface area (Å²) in [7, 11) is 0. The first kappa shape index (κ1) is 14.2. The van der Waals surface area contributed by atoms with Crippen LogP contribution in [-0.4, -0.2) is 4.98 Å². The van der Waals surface area contributed by atoms with E-state index in [0.29, 0.717) is 10.3 Å². The highest BCUT2D eigenvalue weighted by molar-refractivity contribution is 9.10. The fourth-order valence-corrected chi connectivity index (χ4v) is 2.53. The Hall–Kier alpha value is -1.20. The van der Waals surface area contributed by atoms with Gasteiger partial charge in [-0.25, -0.2) is 15.2 Å². The number of pyridine rings is 1. The molecule has 0 amide bonds. The first-order valence-corrected chi connectivity index (χ1v) is 6.81. The van der Waals surface area contributed by atoms with Crippen LogP contribution in [0.1, 0.15) is 31.9 Å². The van der Waals surface area contributed by atoms with Gasteiger partial charge in [-0.1, -0.05) is 20.8 Å². The molecule has 0 fully saturated rings. The number of halogens is 2. The number of hydrogen-bond donors (Lipinski definition) is 2. The van der Waals surface area contributed by atoms with E-state index in [2.05, 4.69) is 47.1 Å². The highest BCUT2D eigenvalue weighted by atomic mass is 79.9. The molecule has 2 aromatic rings. The second-order valence-corrected chi connectivity index (χ2v) is 6.46. The molecule has 0 spiro atoms. The Kier molecular flexibility index (Phi) is 3.53. The Bertz CT molecular complexity index is 647. The lowest BCUT2D eigenvalue weighted by Crippen LogP contribution is -2.19. The van der Waals surface area contributed by atoms with Gasteiger partial charge >= 0.3 is 0 Å². The third kappa shape index (κ3) is 2.44. The lowest BCUT2D eigenvalue weighted by atomic mass is 9.86. The van der Waals surface area contributed by atoms with Crippen LogP contribution >= 0.6 is 15.9 Å². The first-order valence-electron chi connectivity index (χ1n) is 6.02. The van der Waals surface area contributed by atoms with Gasteiger partial charge in [-0.05, 0) is 46.0 Å². The third-order valence-corrected chi connectivity index (χ3v) is 3.94. The number of aryl methyl sites for hydroxylation is 1. The van der Waals surface area contributed by atoms with Crippen molar-refractivity contribution >= 4 is 32.7 Å². The zero-order chi connectivity index (χ0) is 14.4. The molecule has 19 heavy (non-hydrogen) atoms. The molecular weight excluding hydrogens is 309 g/mol. The van der Waals surface area contributed by atoms with Crippen molar-refractivity contribution in [3.8, 4) is 0 Å². The van der Waals surface area contributed by atoms with Gasteiger partial charge in [0.25, 0.3) is 0 Å². The van der Waals surface area contributed by atoms with Gasteiger partial charge in [-0.2, -0.15) is 0 Å². The van der Waals surface area contributed by atoms with Crippen molar-refractivity contribution in [1.82, 2.24) is 4.98 Å². The molecule has 1 heterocycles. The number of nitrogens with two attached hydrogens (primary N) is 1. The summed E-state index contributed by atoms with van der Waals surface area (Å²) in [5.41, 5.74) is 4.98. The third-order valence-electron chi connectivity index (χ3n) is 3.13. The average Bonchev–Trinajstić information content (AvgIpc) is 2.33. The molecule has 0 radical (unpaired) electrons. The Morgan fingerprint density at radius 3 is 2.47 bits per heavy atom. The number of nitrogen functional groups attached to an aromatic ring is 1. The van der Waals surface area contributed by atoms with E-state index >= 15 is 0 Å². The fourth-order valence-electron chi connectivity index (χ4n) is 2.11. The molecule has 0 aliphatic rings. The molecule has 0 bridgehead atoms. The van der Waals surface area contributed by atoms with Crippen molar-refractivity contribution in [2.45, 2.75) is 33.1 Å². The maximum Gasteiger partial charge on any atom is 0.144 e. The van der Waals surface area contributed by atoms with Crippen molar-refractivity contribution in [3.05, 3.63) is 33.5 Å². The topological polar surface area (TPSA) is 50.9 Å². The number of aromatic nitrogens is 1. The smallest absolute Gasteiger partial charge is 0.144 e. The minimum atomic E-state index is -0.278. The van der Waals surface area contributed by atoms with E-state index in [-0.39, 0.29) is 11.2 Å². The minimum Gasteiger partial charge on any atom is -0.308 e. The number of hydrazine groups is 1. The van der Waals surface area contributed by atoms with E-state index in [1.54, 1.807) is 0 Å². The molecule has 0 aliphatic heterocycles. The van der Waals surface area contributed by atoms with Gasteiger partial charge in [0.05, 0.1) is 9.99 Å². The summed E-state index contributed by atoms with van der Waals surface area (Å²) in [5, 5.41) is 0.765. The van der Waals surface area contributed by atoms with Crippen molar-refractivity contribution in [3.63, 3.8) is 0 Å². The molecule has 0 atom stereocenters. The standard InChI is InChI=1S/C14H17BrFN3/c1-7-5-10(16)11(15)8-6-9(14(2,3)4)13(19-17)18-12(7)8/h5-6H,17H2,1-4H3,(H,18,19). The number of nitrogens with zero attached hydrogens (tertiary/aromatic N) is 1. The van der Waals surface area contributed by atoms with Crippen molar-refractivity contribution < 1.29 is 4.39 Å². The quantitative estimate of drug-likeness (QED) is 0.614. The van der Waals surface area contributed by atoms with E-state index in [1.165, 1.54) is 6.07 Å². The number of rotatable bonds is 1. The molecule has 2 rings (SSSR count). The molecule has 1 aromatic heterocycles. The van der Waals surface area contributed by atoms with E-state index in [1.807, 2.05) is 13.0 Å². The zero-order valence-electron chi connectivity index (χ0n) is 11.4. The highest BCUT2D eigenvalue weighted by Gasteiger charge is 2.21. The lowest BCUT2D eigenvalue weighted by molar-refractivity contribution is 0.590. The normalized spacial score (nSPS) is 11.9. The van der Waals surface area contributed by atoms with E-state index in [4.69, 9.17) is 5.84 Å². The molecule has 1 aromatic carbocycles. The number of hydrogen-bond acceptors (Lipinski definition) is 3. The van der Waals surface area contributed by atoms with Crippen LogP contribution in [0, 0.1) is 12.7 Å². The van der Waals surface area contributed by atoms with Crippen LogP contribution in [-0.2, 0) is 5.41 Å². The predicted molar refractivity (Wildman–Crippen MR) is 80.6 cm³/mol. The number of fused-ring (bicyclic) bond motifs is 1.